The second kappa shape index (κ2) is 22.0. The van der Waals surface area contributed by atoms with Crippen molar-refractivity contribution in [2.45, 2.75) is 26.2 Å². The number of rotatable bonds is 10. The third kappa shape index (κ3) is 9.33. The van der Waals surface area contributed by atoms with E-state index in [1.807, 2.05) is 78.9 Å². The van der Waals surface area contributed by atoms with E-state index in [0.717, 1.165) is 78.0 Å². The molecule has 2 aliphatic heterocycles. The molecule has 0 fully saturated rings. The first-order valence-corrected chi connectivity index (χ1v) is 31.3. The Morgan fingerprint density at radius 3 is 1.23 bits per heavy atom. The van der Waals surface area contributed by atoms with Crippen molar-refractivity contribution in [3.63, 3.8) is 0 Å². The second-order valence-corrected chi connectivity index (χ2v) is 24.7. The van der Waals surface area contributed by atoms with Crippen LogP contribution in [0.5, 0.6) is 0 Å². The topological polar surface area (TPSA) is 88.7 Å². The maximum atomic E-state index is 5.50. The first-order chi connectivity index (χ1) is 45.3. The third-order valence-electron chi connectivity index (χ3n) is 18.1. The van der Waals surface area contributed by atoms with E-state index in [-0.39, 0.29) is 12.1 Å². The summed E-state index contributed by atoms with van der Waals surface area (Å²) in [6, 6.07) is 105. The van der Waals surface area contributed by atoms with Crippen molar-refractivity contribution >= 4 is 79.0 Å². The van der Waals surface area contributed by atoms with Crippen molar-refractivity contribution in [2.24, 2.45) is 0 Å². The van der Waals surface area contributed by atoms with Crippen LogP contribution in [-0.4, -0.2) is 41.2 Å². The monoisotopic (exact) mass is 1180 g/mol. The van der Waals surface area contributed by atoms with Crippen LogP contribution in [0, 0.1) is 0 Å². The van der Waals surface area contributed by atoms with Gasteiger partial charge in [-0.15, -0.1) is 0 Å². The van der Waals surface area contributed by atoms with Gasteiger partial charge in [0.25, 0.3) is 6.71 Å². The van der Waals surface area contributed by atoms with E-state index >= 15 is 0 Å². The predicted molar refractivity (Wildman–Crippen MR) is 378 cm³/mol. The molecule has 10 heteroatoms. The molecule has 0 saturated carbocycles. The van der Waals surface area contributed by atoms with Gasteiger partial charge >= 0.3 is 0 Å². The Kier molecular flexibility index (Phi) is 13.0. The van der Waals surface area contributed by atoms with Crippen LogP contribution in [0.2, 0.25) is 0 Å². The second-order valence-electron chi connectivity index (χ2n) is 24.7. The molecule has 0 bridgehead atoms. The van der Waals surface area contributed by atoms with Gasteiger partial charge in [0.05, 0.1) is 16.7 Å². The maximum absolute atomic E-state index is 5.50. The number of hydrogen-bond donors (Lipinski definition) is 0. The van der Waals surface area contributed by atoms with Crippen LogP contribution >= 0.6 is 0 Å². The fraction of sp³-hybridized carbons (Fsp3) is 0.0488. The van der Waals surface area contributed by atoms with Gasteiger partial charge in [0, 0.05) is 78.3 Å². The molecule has 0 N–H and O–H groups in total. The molecule has 0 unspecified atom stereocenters. The zero-order valence-corrected chi connectivity index (χ0v) is 50.9. The SMILES string of the molecule is CC(C)(C)c1ccc2c(c1)c1ccccc1n2-c1ccc(-c2nc(-c3ccccc3)nc(-c3ccccc3)n2)cc1-c1nc(-c2ccccc2)nc(-c2ccc(-c3ccc(N4c5ccccc5B5c6ccccc6N(c6ccccc6)c6cccc4c65)cc3)cc2)n1. The van der Waals surface area contributed by atoms with Gasteiger partial charge in [-0.05, 0) is 123 Å². The molecular weight excluding hydrogens is 1120 g/mol. The summed E-state index contributed by atoms with van der Waals surface area (Å²) in [7, 11) is 0. The van der Waals surface area contributed by atoms with Crippen LogP contribution in [-0.2, 0) is 5.41 Å². The van der Waals surface area contributed by atoms with Gasteiger partial charge in [-0.3, -0.25) is 0 Å². The minimum atomic E-state index is -0.0559. The van der Waals surface area contributed by atoms with Crippen LogP contribution in [0.4, 0.5) is 34.1 Å². The molecule has 0 amide bonds. The molecule has 15 aromatic rings. The summed E-state index contributed by atoms with van der Waals surface area (Å²) in [5, 5.41) is 2.33. The van der Waals surface area contributed by atoms with E-state index < -0.39 is 0 Å². The Hall–Kier alpha value is -11.9. The lowest BCUT2D eigenvalue weighted by atomic mass is 9.33. The van der Waals surface area contributed by atoms with Gasteiger partial charge in [-0.1, -0.05) is 233 Å². The van der Waals surface area contributed by atoms with Gasteiger partial charge in [0.15, 0.2) is 34.9 Å². The van der Waals surface area contributed by atoms with Crippen molar-refractivity contribution in [3.05, 3.63) is 303 Å². The number of benzene rings is 12. The van der Waals surface area contributed by atoms with E-state index in [1.54, 1.807) is 0 Å². The van der Waals surface area contributed by atoms with E-state index in [9.17, 15) is 0 Å². The average Bonchev–Trinajstić information content (AvgIpc) is 0.816. The quantitative estimate of drug-likeness (QED) is 0.125. The standard InChI is InChI=1S/C82H58BN9/c1-82(2,3)60-46-50-69-64(52-60)63-31-16-19-34-68(63)92(69)70-49-45-59(80-86-76(55-23-8-4-9-24-55)84-77(87-80)56-25-10-5-11-26-56)51-65(70)81-88-78(57-27-12-6-13-28-57)85-79(89-81)58-41-39-53(40-42-58)54-43-47-62(48-44-54)91-72-36-21-18-33-67(72)83-66-32-17-20-35-71(66)90(61-29-14-7-15-30-61)73-37-22-38-74(91)75(73)83/h4-52H,1-3H3. The molecule has 17 rings (SSSR count). The first kappa shape index (κ1) is 54.3. The molecule has 92 heavy (non-hydrogen) atoms. The average molecular weight is 1180 g/mol. The lowest BCUT2D eigenvalue weighted by Gasteiger charge is -2.44. The summed E-state index contributed by atoms with van der Waals surface area (Å²) < 4.78 is 2.35. The molecule has 0 saturated heterocycles. The Labute approximate surface area is 534 Å². The molecule has 0 aliphatic carbocycles. The van der Waals surface area contributed by atoms with E-state index in [0.29, 0.717) is 34.9 Å². The lowest BCUT2D eigenvalue weighted by Crippen LogP contribution is -2.61. The largest absolute Gasteiger partial charge is 0.311 e. The molecule has 0 radical (unpaired) electrons. The molecular formula is C82H58BN9. The fourth-order valence-electron chi connectivity index (χ4n) is 13.6. The summed E-state index contributed by atoms with van der Waals surface area (Å²) in [6.45, 7) is 6.87. The number of aromatic nitrogens is 7. The molecule has 12 aromatic carbocycles. The minimum absolute atomic E-state index is 0.0559. The highest BCUT2D eigenvalue weighted by Gasteiger charge is 2.43. The smallest absolute Gasteiger partial charge is 0.252 e. The van der Waals surface area contributed by atoms with Gasteiger partial charge < -0.3 is 14.4 Å². The molecule has 0 atom stereocenters. The Balaban J connectivity index is 0.789. The van der Waals surface area contributed by atoms with E-state index in [2.05, 4.69) is 254 Å². The number of nitrogens with zero attached hydrogens (tertiary/aromatic N) is 9. The third-order valence-corrected chi connectivity index (χ3v) is 18.1. The number of fused-ring (bicyclic) bond motifs is 7. The Morgan fingerprint density at radius 2 is 0.685 bits per heavy atom. The van der Waals surface area contributed by atoms with Gasteiger partial charge in [-0.2, -0.15) is 0 Å². The number of para-hydroxylation sites is 4. The van der Waals surface area contributed by atoms with Crippen molar-refractivity contribution in [1.29, 1.82) is 0 Å². The van der Waals surface area contributed by atoms with Crippen LogP contribution in [0.25, 0.3) is 107 Å². The van der Waals surface area contributed by atoms with Gasteiger partial charge in [0.1, 0.15) is 0 Å². The lowest BCUT2D eigenvalue weighted by molar-refractivity contribution is 0.591. The molecule has 2 aliphatic rings. The van der Waals surface area contributed by atoms with E-state index in [1.165, 1.54) is 50.1 Å². The van der Waals surface area contributed by atoms with Crippen LogP contribution in [0.1, 0.15) is 26.3 Å². The highest BCUT2D eigenvalue weighted by atomic mass is 15.2. The van der Waals surface area contributed by atoms with E-state index in [4.69, 9.17) is 29.9 Å². The highest BCUT2D eigenvalue weighted by Crippen LogP contribution is 2.45. The Morgan fingerprint density at radius 1 is 0.283 bits per heavy atom. The molecule has 5 heterocycles. The maximum Gasteiger partial charge on any atom is 0.252 e. The van der Waals surface area contributed by atoms with Crippen molar-refractivity contribution in [3.8, 4) is 85.1 Å². The van der Waals surface area contributed by atoms with Gasteiger partial charge in [-0.25, -0.2) is 29.9 Å². The van der Waals surface area contributed by atoms with Crippen LogP contribution in [0.3, 0.4) is 0 Å². The molecule has 0 spiro atoms. The highest BCUT2D eigenvalue weighted by molar-refractivity contribution is 7.00. The number of anilines is 6. The minimum Gasteiger partial charge on any atom is -0.311 e. The molecule has 3 aromatic heterocycles. The zero-order valence-electron chi connectivity index (χ0n) is 50.9. The summed E-state index contributed by atoms with van der Waals surface area (Å²) in [5.41, 5.74) is 22.3. The summed E-state index contributed by atoms with van der Waals surface area (Å²) >= 11 is 0. The van der Waals surface area contributed by atoms with Crippen molar-refractivity contribution in [1.82, 2.24) is 34.5 Å². The van der Waals surface area contributed by atoms with Crippen molar-refractivity contribution in [2.75, 3.05) is 9.80 Å². The molecule has 434 valence electrons. The molecule has 9 nitrogen and oxygen atoms in total. The number of hydrogen-bond acceptors (Lipinski definition) is 8. The predicted octanol–water partition coefficient (Wildman–Crippen LogP) is 18.2. The van der Waals surface area contributed by atoms with Crippen LogP contribution < -0.4 is 26.2 Å². The van der Waals surface area contributed by atoms with Gasteiger partial charge in [0.2, 0.25) is 0 Å². The summed E-state index contributed by atoms with van der Waals surface area (Å²) in [6.07, 6.45) is 0. The van der Waals surface area contributed by atoms with Crippen molar-refractivity contribution < 1.29 is 0 Å². The summed E-state index contributed by atoms with van der Waals surface area (Å²) in [4.78, 5) is 36.6. The fourth-order valence-corrected chi connectivity index (χ4v) is 13.6. The summed E-state index contributed by atoms with van der Waals surface area (Å²) in [5.74, 6) is 3.29. The van der Waals surface area contributed by atoms with Crippen LogP contribution in [0.15, 0.2) is 297 Å². The first-order valence-electron chi connectivity index (χ1n) is 31.3. The Bertz CT molecular complexity index is 5260. The normalized spacial score (nSPS) is 12.4. The zero-order chi connectivity index (χ0) is 61.4.